The highest BCUT2D eigenvalue weighted by atomic mass is 35.5. The van der Waals surface area contributed by atoms with Crippen molar-refractivity contribution in [3.8, 4) is 0 Å². The maximum absolute atomic E-state index is 12.0. The number of nitrogens with one attached hydrogen (secondary N) is 1. The topological polar surface area (TPSA) is 35.6 Å². The minimum atomic E-state index is 0. The van der Waals surface area contributed by atoms with Gasteiger partial charge in [-0.15, -0.1) is 12.4 Å². The fraction of sp³-hybridized carbons (Fsp3) is 0.909. The van der Waals surface area contributed by atoms with Crippen LogP contribution in [-0.4, -0.2) is 61.0 Å². The van der Waals surface area contributed by atoms with Crippen LogP contribution in [0, 0.1) is 0 Å². The molecule has 0 unspecified atom stereocenters. The summed E-state index contributed by atoms with van der Waals surface area (Å²) in [7, 11) is 0. The first kappa shape index (κ1) is 13.7. The van der Waals surface area contributed by atoms with Crippen LogP contribution >= 0.6 is 12.4 Å². The molecule has 0 bridgehead atoms. The van der Waals surface area contributed by atoms with Crippen LogP contribution in [0.4, 0.5) is 0 Å². The maximum Gasteiger partial charge on any atom is 0.236 e. The Balaban J connectivity index is 0.00000128. The van der Waals surface area contributed by atoms with E-state index in [1.165, 1.54) is 12.8 Å². The summed E-state index contributed by atoms with van der Waals surface area (Å²) < 4.78 is 0. The molecule has 2 aliphatic rings. The summed E-state index contributed by atoms with van der Waals surface area (Å²) in [5.41, 5.74) is 0. The molecule has 16 heavy (non-hydrogen) atoms. The molecule has 1 saturated carbocycles. The number of halogens is 1. The smallest absolute Gasteiger partial charge is 0.236 e. The third-order valence-corrected chi connectivity index (χ3v) is 3.28. The van der Waals surface area contributed by atoms with Crippen LogP contribution in [0.2, 0.25) is 0 Å². The van der Waals surface area contributed by atoms with Crippen LogP contribution in [-0.2, 0) is 4.79 Å². The van der Waals surface area contributed by atoms with E-state index in [1.807, 2.05) is 4.90 Å². The first-order chi connectivity index (χ1) is 7.31. The van der Waals surface area contributed by atoms with E-state index in [2.05, 4.69) is 17.1 Å². The first-order valence-electron chi connectivity index (χ1n) is 6.04. The van der Waals surface area contributed by atoms with Gasteiger partial charge in [0.2, 0.25) is 5.91 Å². The summed E-state index contributed by atoms with van der Waals surface area (Å²) in [6.07, 6.45) is 2.56. The quantitative estimate of drug-likeness (QED) is 0.778. The van der Waals surface area contributed by atoms with Gasteiger partial charge in [0.25, 0.3) is 0 Å². The van der Waals surface area contributed by atoms with E-state index in [0.717, 1.165) is 32.7 Å². The van der Waals surface area contributed by atoms with E-state index >= 15 is 0 Å². The number of amides is 1. The van der Waals surface area contributed by atoms with Gasteiger partial charge in [-0.25, -0.2) is 0 Å². The van der Waals surface area contributed by atoms with Gasteiger partial charge in [0, 0.05) is 32.2 Å². The Morgan fingerprint density at radius 2 is 2.00 bits per heavy atom. The van der Waals surface area contributed by atoms with Crippen molar-refractivity contribution in [2.45, 2.75) is 25.8 Å². The van der Waals surface area contributed by atoms with Crippen molar-refractivity contribution in [1.82, 2.24) is 15.1 Å². The molecule has 0 spiro atoms. The van der Waals surface area contributed by atoms with Gasteiger partial charge in [-0.1, -0.05) is 6.92 Å². The monoisotopic (exact) mass is 247 g/mol. The summed E-state index contributed by atoms with van der Waals surface area (Å²) in [6, 6.07) is 0.696. The molecule has 1 amide bonds. The summed E-state index contributed by atoms with van der Waals surface area (Å²) >= 11 is 0. The van der Waals surface area contributed by atoms with Gasteiger partial charge in [0.1, 0.15) is 0 Å². The number of hydrogen-bond donors (Lipinski definition) is 1. The van der Waals surface area contributed by atoms with Crippen LogP contribution in [0.1, 0.15) is 19.8 Å². The molecule has 1 aliphatic heterocycles. The lowest BCUT2D eigenvalue weighted by Crippen LogP contribution is -2.49. The maximum atomic E-state index is 12.0. The zero-order chi connectivity index (χ0) is 10.7. The predicted octanol–water partition coefficient (Wildman–Crippen LogP) is 0.324. The van der Waals surface area contributed by atoms with Crippen molar-refractivity contribution < 1.29 is 4.79 Å². The Morgan fingerprint density at radius 3 is 2.50 bits per heavy atom. The molecule has 0 radical (unpaired) electrons. The summed E-state index contributed by atoms with van der Waals surface area (Å²) in [4.78, 5) is 16.3. The number of carbonyl (C=O) groups is 1. The van der Waals surface area contributed by atoms with E-state index in [0.29, 0.717) is 18.5 Å². The third kappa shape index (κ3) is 3.61. The first-order valence-corrected chi connectivity index (χ1v) is 6.04. The van der Waals surface area contributed by atoms with E-state index in [9.17, 15) is 4.79 Å². The Morgan fingerprint density at radius 1 is 1.38 bits per heavy atom. The molecule has 2 rings (SSSR count). The number of carbonyl (C=O) groups excluding carboxylic acids is 1. The van der Waals surface area contributed by atoms with Crippen molar-refractivity contribution in [3.63, 3.8) is 0 Å². The molecule has 94 valence electrons. The van der Waals surface area contributed by atoms with E-state index in [4.69, 9.17) is 0 Å². The number of likely N-dealkylation sites (N-methyl/N-ethyl adjacent to an activating group) is 1. The molecule has 5 heteroatoms. The lowest BCUT2D eigenvalue weighted by Gasteiger charge is -2.30. The van der Waals surface area contributed by atoms with Gasteiger partial charge in [-0.3, -0.25) is 9.69 Å². The minimum Gasteiger partial charge on any atom is -0.339 e. The lowest BCUT2D eigenvalue weighted by molar-refractivity contribution is -0.133. The second kappa shape index (κ2) is 6.42. The zero-order valence-electron chi connectivity index (χ0n) is 9.95. The van der Waals surface area contributed by atoms with Gasteiger partial charge in [-0.05, 0) is 19.4 Å². The molecule has 4 nitrogen and oxygen atoms in total. The minimum absolute atomic E-state index is 0. The molecule has 1 heterocycles. The van der Waals surface area contributed by atoms with Gasteiger partial charge in [0.15, 0.2) is 0 Å². The van der Waals surface area contributed by atoms with Crippen molar-refractivity contribution in [2.75, 3.05) is 39.3 Å². The fourth-order valence-corrected chi connectivity index (χ4v) is 2.13. The van der Waals surface area contributed by atoms with Crippen molar-refractivity contribution in [2.24, 2.45) is 0 Å². The summed E-state index contributed by atoms with van der Waals surface area (Å²) in [5, 5.41) is 3.26. The Labute approximate surface area is 104 Å². The highest BCUT2D eigenvalue weighted by molar-refractivity contribution is 5.85. The van der Waals surface area contributed by atoms with Crippen LogP contribution in [0.3, 0.4) is 0 Å². The van der Waals surface area contributed by atoms with Crippen LogP contribution in [0.15, 0.2) is 0 Å². The molecular weight excluding hydrogens is 226 g/mol. The number of nitrogens with zero attached hydrogens (tertiary/aromatic N) is 2. The Kier molecular flexibility index (Phi) is 5.52. The van der Waals surface area contributed by atoms with Gasteiger partial charge in [0.05, 0.1) is 6.54 Å². The standard InChI is InChI=1S/C11H21N3O.ClH/c1-2-13(10-3-4-10)9-11(15)14-7-5-12-6-8-14;/h10,12H,2-9H2,1H3;1H. The molecule has 0 atom stereocenters. The SMILES string of the molecule is CCN(CC(=O)N1CCNCC1)C1CC1.Cl. The molecule has 1 saturated heterocycles. The molecule has 2 fully saturated rings. The van der Waals surface area contributed by atoms with Crippen LogP contribution in [0.25, 0.3) is 0 Å². The molecule has 0 aromatic rings. The average Bonchev–Trinajstić information content (AvgIpc) is 3.10. The summed E-state index contributed by atoms with van der Waals surface area (Å²) in [6.45, 7) is 7.41. The second-order valence-corrected chi connectivity index (χ2v) is 4.43. The third-order valence-electron chi connectivity index (χ3n) is 3.28. The fourth-order valence-electron chi connectivity index (χ4n) is 2.13. The van der Waals surface area contributed by atoms with Crippen LogP contribution < -0.4 is 5.32 Å². The number of rotatable bonds is 4. The average molecular weight is 248 g/mol. The Bertz CT molecular complexity index is 227. The largest absolute Gasteiger partial charge is 0.339 e. The number of piperazine rings is 1. The second-order valence-electron chi connectivity index (χ2n) is 4.43. The normalized spacial score (nSPS) is 20.8. The highest BCUT2D eigenvalue weighted by Crippen LogP contribution is 2.26. The number of hydrogen-bond acceptors (Lipinski definition) is 3. The van der Waals surface area contributed by atoms with Crippen molar-refractivity contribution in [1.29, 1.82) is 0 Å². The van der Waals surface area contributed by atoms with Gasteiger partial charge >= 0.3 is 0 Å². The van der Waals surface area contributed by atoms with Gasteiger partial charge in [-0.2, -0.15) is 0 Å². The Hall–Kier alpha value is -0.320. The zero-order valence-corrected chi connectivity index (χ0v) is 10.8. The van der Waals surface area contributed by atoms with Crippen LogP contribution in [0.5, 0.6) is 0 Å². The molecule has 1 N–H and O–H groups in total. The summed E-state index contributed by atoms with van der Waals surface area (Å²) in [5.74, 6) is 0.310. The van der Waals surface area contributed by atoms with E-state index in [1.54, 1.807) is 0 Å². The highest BCUT2D eigenvalue weighted by Gasteiger charge is 2.30. The molecule has 0 aromatic heterocycles. The molecule has 0 aromatic carbocycles. The van der Waals surface area contributed by atoms with E-state index < -0.39 is 0 Å². The van der Waals surface area contributed by atoms with Gasteiger partial charge < -0.3 is 10.2 Å². The van der Waals surface area contributed by atoms with Crippen molar-refractivity contribution in [3.05, 3.63) is 0 Å². The van der Waals surface area contributed by atoms with E-state index in [-0.39, 0.29) is 12.4 Å². The predicted molar refractivity (Wildman–Crippen MR) is 67.0 cm³/mol. The molecular formula is C11H22ClN3O. The van der Waals surface area contributed by atoms with Crippen molar-refractivity contribution >= 4 is 18.3 Å². The molecule has 1 aliphatic carbocycles. The lowest BCUT2D eigenvalue weighted by atomic mass is 10.3.